The number of carbonyl (C=O) groups is 1. The molecule has 2 heterocycles. The van der Waals surface area contributed by atoms with Gasteiger partial charge in [0, 0.05) is 24.0 Å². The predicted molar refractivity (Wildman–Crippen MR) is 89.4 cm³/mol. The number of anilines is 1. The third-order valence-corrected chi connectivity index (χ3v) is 3.56. The first kappa shape index (κ1) is 15.0. The molecule has 0 aliphatic rings. The normalized spacial score (nSPS) is 10.5. The van der Waals surface area contributed by atoms with Gasteiger partial charge in [0.25, 0.3) is 5.91 Å². The van der Waals surface area contributed by atoms with Crippen molar-refractivity contribution in [1.82, 2.24) is 14.8 Å². The predicted octanol–water partition coefficient (Wildman–Crippen LogP) is 3.20. The molecule has 0 unspecified atom stereocenters. The first-order valence-electron chi connectivity index (χ1n) is 7.44. The second-order valence-electron chi connectivity index (χ2n) is 5.49. The molecule has 0 spiro atoms. The number of amides is 1. The molecule has 1 aromatic carbocycles. The molecule has 5 heteroatoms. The number of carbonyl (C=O) groups excluding carboxylic acids is 1. The van der Waals surface area contributed by atoms with Gasteiger partial charge in [-0.1, -0.05) is 23.8 Å². The fourth-order valence-corrected chi connectivity index (χ4v) is 2.43. The van der Waals surface area contributed by atoms with Crippen LogP contribution in [-0.2, 0) is 6.54 Å². The minimum atomic E-state index is -0.148. The molecule has 5 nitrogen and oxygen atoms in total. The first-order valence-corrected chi connectivity index (χ1v) is 7.44. The summed E-state index contributed by atoms with van der Waals surface area (Å²) in [5.41, 5.74) is 3.67. The number of aryl methyl sites for hydroxylation is 2. The van der Waals surface area contributed by atoms with Crippen molar-refractivity contribution in [2.24, 2.45) is 0 Å². The number of aromatic nitrogens is 3. The molecule has 23 heavy (non-hydrogen) atoms. The number of hydrogen-bond donors (Lipinski definition) is 1. The molecular weight excluding hydrogens is 288 g/mol. The highest BCUT2D eigenvalue weighted by atomic mass is 16.1. The molecule has 0 atom stereocenters. The molecule has 1 N–H and O–H groups in total. The van der Waals surface area contributed by atoms with E-state index in [0.29, 0.717) is 17.9 Å². The second kappa shape index (κ2) is 6.44. The number of nitrogens with one attached hydrogen (secondary N) is 1. The highest BCUT2D eigenvalue weighted by molar-refractivity contribution is 6.04. The van der Waals surface area contributed by atoms with Gasteiger partial charge in [0.1, 0.15) is 0 Å². The summed E-state index contributed by atoms with van der Waals surface area (Å²) in [6.45, 7) is 4.51. The smallest absolute Gasteiger partial charge is 0.257 e. The maximum Gasteiger partial charge on any atom is 0.257 e. The zero-order chi connectivity index (χ0) is 16.2. The number of benzene rings is 1. The highest BCUT2D eigenvalue weighted by Gasteiger charge is 2.11. The van der Waals surface area contributed by atoms with E-state index in [1.807, 2.05) is 56.4 Å². The zero-order valence-corrected chi connectivity index (χ0v) is 13.2. The number of rotatable bonds is 4. The van der Waals surface area contributed by atoms with Crippen molar-refractivity contribution in [3.63, 3.8) is 0 Å². The number of hydrogen-bond acceptors (Lipinski definition) is 3. The van der Waals surface area contributed by atoms with Gasteiger partial charge in [-0.05, 0) is 37.6 Å². The SMILES string of the molecule is Cc1ccc(C(=O)Nc2ccn(Cc3ccccn3)n2)c(C)c1. The van der Waals surface area contributed by atoms with Gasteiger partial charge in [-0.3, -0.25) is 14.5 Å². The molecule has 3 aromatic rings. The Labute approximate surface area is 135 Å². The van der Waals surface area contributed by atoms with Gasteiger partial charge in [-0.25, -0.2) is 0 Å². The number of pyridine rings is 1. The maximum atomic E-state index is 12.3. The summed E-state index contributed by atoms with van der Waals surface area (Å²) in [5.74, 6) is 0.386. The minimum Gasteiger partial charge on any atom is -0.305 e. The lowest BCUT2D eigenvalue weighted by atomic mass is 10.1. The Bertz CT molecular complexity index is 824. The summed E-state index contributed by atoms with van der Waals surface area (Å²) >= 11 is 0. The van der Waals surface area contributed by atoms with E-state index in [0.717, 1.165) is 16.8 Å². The van der Waals surface area contributed by atoms with Crippen LogP contribution in [0, 0.1) is 13.8 Å². The molecule has 3 rings (SSSR count). The topological polar surface area (TPSA) is 59.8 Å². The lowest BCUT2D eigenvalue weighted by Crippen LogP contribution is -2.14. The Balaban J connectivity index is 1.70. The molecule has 0 radical (unpaired) electrons. The van der Waals surface area contributed by atoms with Crippen LogP contribution in [0.1, 0.15) is 27.2 Å². The molecule has 0 aliphatic heterocycles. The van der Waals surface area contributed by atoms with Crippen molar-refractivity contribution in [3.05, 3.63) is 77.2 Å². The van der Waals surface area contributed by atoms with Crippen LogP contribution in [-0.4, -0.2) is 20.7 Å². The molecular formula is C18H18N4O. The van der Waals surface area contributed by atoms with Crippen LogP contribution < -0.4 is 5.32 Å². The van der Waals surface area contributed by atoms with Crippen molar-refractivity contribution in [2.45, 2.75) is 20.4 Å². The van der Waals surface area contributed by atoms with Crippen molar-refractivity contribution in [2.75, 3.05) is 5.32 Å². The standard InChI is InChI=1S/C18H18N4O/c1-13-6-7-16(14(2)11-13)18(23)20-17-8-10-22(21-17)12-15-5-3-4-9-19-15/h3-11H,12H2,1-2H3,(H,20,21,23). The van der Waals surface area contributed by atoms with E-state index in [2.05, 4.69) is 15.4 Å². The van der Waals surface area contributed by atoms with E-state index in [9.17, 15) is 4.79 Å². The van der Waals surface area contributed by atoms with Crippen molar-refractivity contribution < 1.29 is 4.79 Å². The van der Waals surface area contributed by atoms with Crippen molar-refractivity contribution in [1.29, 1.82) is 0 Å². The Morgan fingerprint density at radius 1 is 1.17 bits per heavy atom. The Hall–Kier alpha value is -2.95. The molecule has 0 saturated heterocycles. The summed E-state index contributed by atoms with van der Waals surface area (Å²) in [4.78, 5) is 16.6. The average Bonchev–Trinajstić information content (AvgIpc) is 2.95. The van der Waals surface area contributed by atoms with E-state index >= 15 is 0 Å². The average molecular weight is 306 g/mol. The Kier molecular flexibility index (Phi) is 4.19. The van der Waals surface area contributed by atoms with E-state index in [1.165, 1.54) is 0 Å². The molecule has 2 aromatic heterocycles. The zero-order valence-electron chi connectivity index (χ0n) is 13.2. The summed E-state index contributed by atoms with van der Waals surface area (Å²) < 4.78 is 1.75. The van der Waals surface area contributed by atoms with Crippen LogP contribution in [0.15, 0.2) is 54.9 Å². The summed E-state index contributed by atoms with van der Waals surface area (Å²) in [6.07, 6.45) is 3.58. The van der Waals surface area contributed by atoms with Gasteiger partial charge >= 0.3 is 0 Å². The largest absolute Gasteiger partial charge is 0.305 e. The monoisotopic (exact) mass is 306 g/mol. The van der Waals surface area contributed by atoms with Crippen LogP contribution >= 0.6 is 0 Å². The molecule has 1 amide bonds. The van der Waals surface area contributed by atoms with Crippen LogP contribution in [0.3, 0.4) is 0 Å². The van der Waals surface area contributed by atoms with Gasteiger partial charge < -0.3 is 5.32 Å². The summed E-state index contributed by atoms with van der Waals surface area (Å²) in [6, 6.07) is 13.3. The maximum absolute atomic E-state index is 12.3. The lowest BCUT2D eigenvalue weighted by Gasteiger charge is -2.06. The Morgan fingerprint density at radius 2 is 2.04 bits per heavy atom. The molecule has 116 valence electrons. The van der Waals surface area contributed by atoms with Crippen LogP contribution in [0.5, 0.6) is 0 Å². The van der Waals surface area contributed by atoms with Crippen LogP contribution in [0.25, 0.3) is 0 Å². The van der Waals surface area contributed by atoms with E-state index < -0.39 is 0 Å². The third kappa shape index (κ3) is 3.63. The second-order valence-corrected chi connectivity index (χ2v) is 5.49. The molecule has 0 fully saturated rings. The van der Waals surface area contributed by atoms with Crippen molar-refractivity contribution in [3.8, 4) is 0 Å². The van der Waals surface area contributed by atoms with Crippen molar-refractivity contribution >= 4 is 11.7 Å². The molecule has 0 aliphatic carbocycles. The third-order valence-electron chi connectivity index (χ3n) is 3.56. The van der Waals surface area contributed by atoms with E-state index in [-0.39, 0.29) is 5.91 Å². The van der Waals surface area contributed by atoms with Gasteiger partial charge in [-0.2, -0.15) is 5.10 Å². The van der Waals surface area contributed by atoms with Gasteiger partial charge in [0.15, 0.2) is 5.82 Å². The summed E-state index contributed by atoms with van der Waals surface area (Å²) in [5, 5.41) is 7.20. The Morgan fingerprint density at radius 3 is 2.78 bits per heavy atom. The van der Waals surface area contributed by atoms with Crippen LogP contribution in [0.4, 0.5) is 5.82 Å². The summed E-state index contributed by atoms with van der Waals surface area (Å²) in [7, 11) is 0. The molecule has 0 bridgehead atoms. The van der Waals surface area contributed by atoms with E-state index in [4.69, 9.17) is 0 Å². The van der Waals surface area contributed by atoms with Crippen LogP contribution in [0.2, 0.25) is 0 Å². The van der Waals surface area contributed by atoms with Gasteiger partial charge in [-0.15, -0.1) is 0 Å². The quantitative estimate of drug-likeness (QED) is 0.805. The lowest BCUT2D eigenvalue weighted by molar-refractivity contribution is 0.102. The van der Waals surface area contributed by atoms with E-state index in [1.54, 1.807) is 16.9 Å². The minimum absolute atomic E-state index is 0.148. The number of nitrogens with zero attached hydrogens (tertiary/aromatic N) is 3. The fraction of sp³-hybridized carbons (Fsp3) is 0.167. The van der Waals surface area contributed by atoms with Gasteiger partial charge in [0.2, 0.25) is 0 Å². The molecule has 0 saturated carbocycles. The highest BCUT2D eigenvalue weighted by Crippen LogP contribution is 2.13. The fourth-order valence-electron chi connectivity index (χ4n) is 2.43. The first-order chi connectivity index (χ1) is 11.1. The van der Waals surface area contributed by atoms with Gasteiger partial charge in [0.05, 0.1) is 12.2 Å².